The molecule has 4 nitrogen and oxygen atoms in total. The third-order valence-electron chi connectivity index (χ3n) is 3.56. The average Bonchev–Trinajstić information content (AvgIpc) is 2.44. The SMILES string of the molecule is CCNC1CCCN(Cc2cccc(OCC)c2)C1=O. The first-order valence-electron chi connectivity index (χ1n) is 7.48. The molecule has 1 saturated heterocycles. The molecule has 1 aliphatic rings. The van der Waals surface area contributed by atoms with E-state index in [1.54, 1.807) is 0 Å². The van der Waals surface area contributed by atoms with Crippen molar-refractivity contribution in [2.45, 2.75) is 39.3 Å². The van der Waals surface area contributed by atoms with Crippen LogP contribution >= 0.6 is 0 Å². The first kappa shape index (κ1) is 14.9. The van der Waals surface area contributed by atoms with E-state index in [9.17, 15) is 4.79 Å². The Balaban J connectivity index is 2.01. The topological polar surface area (TPSA) is 41.6 Å². The monoisotopic (exact) mass is 276 g/mol. The van der Waals surface area contributed by atoms with Gasteiger partial charge in [-0.1, -0.05) is 19.1 Å². The number of amides is 1. The summed E-state index contributed by atoms with van der Waals surface area (Å²) in [5.41, 5.74) is 1.13. The fraction of sp³-hybridized carbons (Fsp3) is 0.562. The zero-order chi connectivity index (χ0) is 14.4. The molecule has 1 aromatic carbocycles. The zero-order valence-corrected chi connectivity index (χ0v) is 12.4. The molecule has 1 fully saturated rings. The number of nitrogens with one attached hydrogen (secondary N) is 1. The summed E-state index contributed by atoms with van der Waals surface area (Å²) in [6.07, 6.45) is 2.01. The van der Waals surface area contributed by atoms with Gasteiger partial charge in [0.25, 0.3) is 0 Å². The molecule has 0 aliphatic carbocycles. The third-order valence-corrected chi connectivity index (χ3v) is 3.56. The number of hydrogen-bond donors (Lipinski definition) is 1. The maximum absolute atomic E-state index is 12.4. The molecule has 1 atom stereocenters. The standard InChI is InChI=1S/C16H24N2O2/c1-3-17-15-9-6-10-18(16(15)19)12-13-7-5-8-14(11-13)20-4-2/h5,7-8,11,15,17H,3-4,6,9-10,12H2,1-2H3. The van der Waals surface area contributed by atoms with Crippen LogP contribution in [0.15, 0.2) is 24.3 Å². The number of carbonyl (C=O) groups is 1. The van der Waals surface area contributed by atoms with Crippen LogP contribution in [0.5, 0.6) is 5.75 Å². The van der Waals surface area contributed by atoms with E-state index in [2.05, 4.69) is 5.32 Å². The number of likely N-dealkylation sites (N-methyl/N-ethyl adjacent to an activating group) is 1. The molecule has 2 rings (SSSR count). The maximum atomic E-state index is 12.4. The van der Waals surface area contributed by atoms with Crippen LogP contribution in [0.4, 0.5) is 0 Å². The Kier molecular flexibility index (Phi) is 5.41. The van der Waals surface area contributed by atoms with Gasteiger partial charge in [0.05, 0.1) is 12.6 Å². The molecule has 20 heavy (non-hydrogen) atoms. The highest BCUT2D eigenvalue weighted by Gasteiger charge is 2.27. The van der Waals surface area contributed by atoms with Crippen LogP contribution < -0.4 is 10.1 Å². The minimum Gasteiger partial charge on any atom is -0.494 e. The van der Waals surface area contributed by atoms with Crippen LogP contribution in [0.3, 0.4) is 0 Å². The minimum atomic E-state index is -0.0103. The lowest BCUT2D eigenvalue weighted by Gasteiger charge is -2.32. The predicted octanol–water partition coefficient (Wildman–Crippen LogP) is 2.19. The van der Waals surface area contributed by atoms with Gasteiger partial charge in [0, 0.05) is 13.1 Å². The molecule has 1 heterocycles. The first-order valence-corrected chi connectivity index (χ1v) is 7.48. The van der Waals surface area contributed by atoms with Crippen LogP contribution in [0.25, 0.3) is 0 Å². The van der Waals surface area contributed by atoms with Crippen molar-refractivity contribution in [1.82, 2.24) is 10.2 Å². The van der Waals surface area contributed by atoms with Crippen molar-refractivity contribution in [3.8, 4) is 5.75 Å². The molecule has 0 bridgehead atoms. The van der Waals surface area contributed by atoms with Crippen molar-refractivity contribution >= 4 is 5.91 Å². The van der Waals surface area contributed by atoms with Gasteiger partial charge in [0.15, 0.2) is 0 Å². The van der Waals surface area contributed by atoms with Gasteiger partial charge in [-0.05, 0) is 44.0 Å². The molecule has 0 aromatic heterocycles. The molecule has 110 valence electrons. The van der Waals surface area contributed by atoms with E-state index in [1.807, 2.05) is 43.0 Å². The number of hydrogen-bond acceptors (Lipinski definition) is 3. The van der Waals surface area contributed by atoms with Crippen molar-refractivity contribution in [2.75, 3.05) is 19.7 Å². The number of rotatable bonds is 6. The highest BCUT2D eigenvalue weighted by molar-refractivity contribution is 5.82. The maximum Gasteiger partial charge on any atom is 0.240 e. The average molecular weight is 276 g/mol. The molecular formula is C16H24N2O2. The van der Waals surface area contributed by atoms with E-state index in [-0.39, 0.29) is 11.9 Å². The summed E-state index contributed by atoms with van der Waals surface area (Å²) in [5, 5.41) is 3.27. The number of nitrogens with zero attached hydrogens (tertiary/aromatic N) is 1. The Morgan fingerprint density at radius 1 is 1.40 bits per heavy atom. The van der Waals surface area contributed by atoms with Gasteiger partial charge in [-0.2, -0.15) is 0 Å². The molecule has 1 aliphatic heterocycles. The molecule has 1 N–H and O–H groups in total. The quantitative estimate of drug-likeness (QED) is 0.866. The van der Waals surface area contributed by atoms with Crippen molar-refractivity contribution in [2.24, 2.45) is 0 Å². The number of ether oxygens (including phenoxy) is 1. The van der Waals surface area contributed by atoms with E-state index in [0.29, 0.717) is 13.2 Å². The Morgan fingerprint density at radius 2 is 2.25 bits per heavy atom. The fourth-order valence-electron chi connectivity index (χ4n) is 2.65. The highest BCUT2D eigenvalue weighted by atomic mass is 16.5. The summed E-state index contributed by atoms with van der Waals surface area (Å²) in [5.74, 6) is 1.10. The molecular weight excluding hydrogens is 252 g/mol. The summed E-state index contributed by atoms with van der Waals surface area (Å²) in [6, 6.07) is 7.99. The summed E-state index contributed by atoms with van der Waals surface area (Å²) >= 11 is 0. The van der Waals surface area contributed by atoms with Crippen molar-refractivity contribution in [3.63, 3.8) is 0 Å². The van der Waals surface area contributed by atoms with Crippen molar-refractivity contribution in [3.05, 3.63) is 29.8 Å². The summed E-state index contributed by atoms with van der Waals surface area (Å²) in [7, 11) is 0. The van der Waals surface area contributed by atoms with Crippen molar-refractivity contribution in [1.29, 1.82) is 0 Å². The molecule has 4 heteroatoms. The number of carbonyl (C=O) groups excluding carboxylic acids is 1. The van der Waals surface area contributed by atoms with Crippen LogP contribution in [-0.4, -0.2) is 36.5 Å². The van der Waals surface area contributed by atoms with Crippen molar-refractivity contribution < 1.29 is 9.53 Å². The van der Waals surface area contributed by atoms with E-state index < -0.39 is 0 Å². The van der Waals surface area contributed by atoms with Gasteiger partial charge in [-0.15, -0.1) is 0 Å². The Hall–Kier alpha value is -1.55. The van der Waals surface area contributed by atoms with E-state index >= 15 is 0 Å². The Bertz CT molecular complexity index is 446. The number of likely N-dealkylation sites (tertiary alicyclic amines) is 1. The Labute approximate surface area is 121 Å². The summed E-state index contributed by atoms with van der Waals surface area (Å²) < 4.78 is 5.51. The molecule has 1 aromatic rings. The Morgan fingerprint density at radius 3 is 3.00 bits per heavy atom. The second kappa shape index (κ2) is 7.29. The third kappa shape index (κ3) is 3.73. The van der Waals surface area contributed by atoms with E-state index in [0.717, 1.165) is 37.2 Å². The molecule has 0 spiro atoms. The van der Waals surface area contributed by atoms with Gasteiger partial charge < -0.3 is 15.0 Å². The lowest BCUT2D eigenvalue weighted by molar-refractivity contribution is -0.136. The number of piperidine rings is 1. The second-order valence-electron chi connectivity index (χ2n) is 5.09. The normalized spacial score (nSPS) is 19.2. The van der Waals surface area contributed by atoms with Crippen LogP contribution in [0, 0.1) is 0 Å². The predicted molar refractivity (Wildman–Crippen MR) is 79.7 cm³/mol. The molecule has 1 amide bonds. The van der Waals surface area contributed by atoms with E-state index in [1.165, 1.54) is 0 Å². The van der Waals surface area contributed by atoms with E-state index in [4.69, 9.17) is 4.74 Å². The molecule has 0 saturated carbocycles. The summed E-state index contributed by atoms with van der Waals surface area (Å²) in [4.78, 5) is 14.3. The van der Waals surface area contributed by atoms with Gasteiger partial charge in [0.2, 0.25) is 5.91 Å². The van der Waals surface area contributed by atoms with Gasteiger partial charge >= 0.3 is 0 Å². The van der Waals surface area contributed by atoms with Gasteiger partial charge in [-0.25, -0.2) is 0 Å². The zero-order valence-electron chi connectivity index (χ0n) is 12.4. The van der Waals surface area contributed by atoms with Crippen LogP contribution in [-0.2, 0) is 11.3 Å². The summed E-state index contributed by atoms with van der Waals surface area (Å²) in [6.45, 7) is 7.03. The second-order valence-corrected chi connectivity index (χ2v) is 5.09. The first-order chi connectivity index (χ1) is 9.74. The van der Waals surface area contributed by atoms with Crippen LogP contribution in [0.2, 0.25) is 0 Å². The lowest BCUT2D eigenvalue weighted by atomic mass is 10.0. The van der Waals surface area contributed by atoms with Gasteiger partial charge in [-0.3, -0.25) is 4.79 Å². The largest absolute Gasteiger partial charge is 0.494 e. The van der Waals surface area contributed by atoms with Gasteiger partial charge in [0.1, 0.15) is 5.75 Å². The smallest absolute Gasteiger partial charge is 0.240 e. The highest BCUT2D eigenvalue weighted by Crippen LogP contribution is 2.18. The lowest BCUT2D eigenvalue weighted by Crippen LogP contribution is -2.50. The minimum absolute atomic E-state index is 0.0103. The molecule has 1 unspecified atom stereocenters. The fourth-order valence-corrected chi connectivity index (χ4v) is 2.65. The molecule has 0 radical (unpaired) electrons. The number of benzene rings is 1. The van der Waals surface area contributed by atoms with Crippen LogP contribution in [0.1, 0.15) is 32.3 Å².